The molecule has 0 amide bonds. The van der Waals surface area contributed by atoms with Gasteiger partial charge in [-0.15, -0.1) is 0 Å². The Kier molecular flexibility index (Phi) is 16.8. The fraction of sp³-hybridized carbons (Fsp3) is 0.160. The van der Waals surface area contributed by atoms with E-state index in [4.69, 9.17) is 10.3 Å². The molecule has 0 saturated heterocycles. The van der Waals surface area contributed by atoms with Crippen molar-refractivity contribution in [1.82, 2.24) is 9.47 Å². The van der Waals surface area contributed by atoms with Gasteiger partial charge in [-0.25, -0.2) is 0 Å². The molecule has 0 spiro atoms. The van der Waals surface area contributed by atoms with Gasteiger partial charge in [0.2, 0.25) is 0 Å². The van der Waals surface area contributed by atoms with E-state index in [-0.39, 0.29) is 6.04 Å². The van der Waals surface area contributed by atoms with E-state index in [2.05, 4.69) is 207 Å². The molecule has 0 saturated carbocycles. The highest BCUT2D eigenvalue weighted by molar-refractivity contribution is 7.74. The van der Waals surface area contributed by atoms with E-state index in [1.807, 2.05) is 26.0 Å². The van der Waals surface area contributed by atoms with Crippen LogP contribution in [0.25, 0.3) is 39.9 Å². The molecule has 6 heteroatoms. The quantitative estimate of drug-likeness (QED) is 0.0997. The monoisotopic (exact) mass is 760 g/mol. The van der Waals surface area contributed by atoms with Crippen LogP contribution >= 0.6 is 12.9 Å². The molecule has 4 aromatic rings. The number of anilines is 1. The molecule has 7 rings (SSSR count). The fourth-order valence-electron chi connectivity index (χ4n) is 6.62. The van der Waals surface area contributed by atoms with Crippen molar-refractivity contribution in [3.05, 3.63) is 205 Å². The van der Waals surface area contributed by atoms with E-state index in [1.165, 1.54) is 16.6 Å². The second kappa shape index (κ2) is 21.9. The molecule has 56 heavy (non-hydrogen) atoms. The van der Waals surface area contributed by atoms with Crippen LogP contribution < -0.4 is 10.6 Å². The first-order valence-electron chi connectivity index (χ1n) is 19.0. The molecular formula is C50H56N4OS. The number of thiol groups is 1. The maximum absolute atomic E-state index is 6.69. The Morgan fingerprint density at radius 1 is 0.857 bits per heavy atom. The van der Waals surface area contributed by atoms with E-state index in [0.717, 1.165) is 63.3 Å². The second-order valence-corrected chi connectivity index (χ2v) is 13.2. The van der Waals surface area contributed by atoms with Crippen LogP contribution in [0.4, 0.5) is 5.69 Å². The SMILES string of the molecule is C=C/C=C\C(N)CN1/C=C\C(c2ccc3c(c2)c2c(n3-c3ccccc3)/C=C\C(=C)/C=C\CC=C2)=C/C(=C)c2ccccc21.CC.CN(C)C1=CCC=C1.OS. The number of fused-ring (bicyclic) bond motifs is 4. The van der Waals surface area contributed by atoms with Crippen molar-refractivity contribution < 1.29 is 4.55 Å². The average molecular weight is 761 g/mol. The third-order valence-electron chi connectivity index (χ3n) is 9.23. The van der Waals surface area contributed by atoms with Gasteiger partial charge in [0.1, 0.15) is 0 Å². The largest absolute Gasteiger partial charge is 0.378 e. The molecule has 3 N–H and O–H groups in total. The van der Waals surface area contributed by atoms with Crippen molar-refractivity contribution >= 4 is 52.8 Å². The van der Waals surface area contributed by atoms with E-state index in [1.54, 1.807) is 6.08 Å². The molecule has 1 atom stereocenters. The molecule has 0 radical (unpaired) electrons. The highest BCUT2D eigenvalue weighted by atomic mass is 32.1. The third-order valence-corrected chi connectivity index (χ3v) is 9.23. The summed E-state index contributed by atoms with van der Waals surface area (Å²) in [6, 6.07) is 25.5. The Labute approximate surface area is 340 Å². The first-order valence-corrected chi connectivity index (χ1v) is 19.4. The molecule has 5 nitrogen and oxygen atoms in total. The number of likely N-dealkylation sites (N-methyl/N-ethyl adjacent to an activating group) is 1. The summed E-state index contributed by atoms with van der Waals surface area (Å²) in [7, 11) is 4.11. The molecule has 1 aliphatic heterocycles. The molecule has 3 aromatic carbocycles. The van der Waals surface area contributed by atoms with Crippen molar-refractivity contribution in [1.29, 1.82) is 0 Å². The van der Waals surface area contributed by atoms with Crippen LogP contribution in [-0.2, 0) is 0 Å². The minimum absolute atomic E-state index is 0.154. The Balaban J connectivity index is 0.000000506. The Morgan fingerprint density at radius 2 is 1.57 bits per heavy atom. The number of hydrogen-bond acceptors (Lipinski definition) is 5. The standard InChI is InChI=1S/C41H37N3.C7H11N.C2H6.H2OS/c1-4-5-15-34(42)29-43-26-25-33(27-31(3)36-18-12-13-20-39(36)43)32-22-24-41-38(28-32)37-19-11-6-8-14-30(2)21-23-40(37)44(41)35-16-9-7-10-17-35;1-8(2)7-5-3-4-6-7;2*1-2/h4-5,7-28,34H,1-3,6,29,42H2;3,5-6H,4H2,1-2H3;1-2H3;1-2H/b14-8-,15-5-,19-11?,23-21-,26-25-,33-27+;;;. The maximum atomic E-state index is 6.69. The first-order chi connectivity index (χ1) is 27.3. The molecule has 2 aliphatic carbocycles. The normalized spacial score (nSPS) is 17.4. The van der Waals surface area contributed by atoms with Gasteiger partial charge in [-0.2, -0.15) is 0 Å². The van der Waals surface area contributed by atoms with Crippen molar-refractivity contribution in [2.45, 2.75) is 32.7 Å². The maximum Gasteiger partial charge on any atom is 0.0541 e. The molecular weight excluding hydrogens is 705 g/mol. The number of aromatic nitrogens is 1. The molecule has 288 valence electrons. The summed E-state index contributed by atoms with van der Waals surface area (Å²) in [5.41, 5.74) is 18.7. The van der Waals surface area contributed by atoms with Gasteiger partial charge in [-0.05, 0) is 103 Å². The van der Waals surface area contributed by atoms with E-state index in [0.29, 0.717) is 6.54 Å². The van der Waals surface area contributed by atoms with Crippen LogP contribution in [0.1, 0.15) is 49.1 Å². The summed E-state index contributed by atoms with van der Waals surface area (Å²) in [6.07, 6.45) is 33.5. The van der Waals surface area contributed by atoms with Gasteiger partial charge in [0, 0.05) is 66.5 Å². The van der Waals surface area contributed by atoms with Gasteiger partial charge in [-0.3, -0.25) is 0 Å². The smallest absolute Gasteiger partial charge is 0.0541 e. The molecule has 3 aliphatic rings. The first kappa shape index (κ1) is 42.9. The minimum Gasteiger partial charge on any atom is -0.378 e. The zero-order valence-corrected chi connectivity index (χ0v) is 34.1. The number of benzene rings is 3. The lowest BCUT2D eigenvalue weighted by atomic mass is 9.95. The lowest BCUT2D eigenvalue weighted by molar-refractivity contribution is 0.531. The fourth-order valence-corrected chi connectivity index (χ4v) is 6.62. The molecule has 2 heterocycles. The van der Waals surface area contributed by atoms with Crippen LogP contribution in [0.5, 0.6) is 0 Å². The predicted molar refractivity (Wildman–Crippen MR) is 250 cm³/mol. The number of nitrogens with two attached hydrogens (primary N) is 1. The third kappa shape index (κ3) is 10.9. The second-order valence-electron chi connectivity index (χ2n) is 13.2. The number of para-hydroxylation sites is 2. The van der Waals surface area contributed by atoms with Crippen LogP contribution in [0, 0.1) is 0 Å². The van der Waals surface area contributed by atoms with Crippen molar-refractivity contribution in [3.8, 4) is 5.69 Å². The molecule has 1 aromatic heterocycles. The Hall–Kier alpha value is -5.79. The Bertz CT molecular complexity index is 2220. The van der Waals surface area contributed by atoms with Crippen LogP contribution in [0.15, 0.2) is 183 Å². The summed E-state index contributed by atoms with van der Waals surface area (Å²) >= 11 is 2.53. The topological polar surface area (TPSA) is 57.7 Å². The van der Waals surface area contributed by atoms with Crippen molar-refractivity contribution in [3.63, 3.8) is 0 Å². The predicted octanol–water partition coefficient (Wildman–Crippen LogP) is 12.5. The number of rotatable bonds is 7. The van der Waals surface area contributed by atoms with Gasteiger partial charge in [-0.1, -0.05) is 137 Å². The highest BCUT2D eigenvalue weighted by Crippen LogP contribution is 2.37. The van der Waals surface area contributed by atoms with Crippen LogP contribution in [0.2, 0.25) is 0 Å². The molecule has 1 unspecified atom stereocenters. The summed E-state index contributed by atoms with van der Waals surface area (Å²) in [5, 5.41) is 1.19. The summed E-state index contributed by atoms with van der Waals surface area (Å²) in [5.74, 6) is 0. The lowest BCUT2D eigenvalue weighted by Gasteiger charge is -2.27. The van der Waals surface area contributed by atoms with Gasteiger partial charge in [0.15, 0.2) is 0 Å². The number of allylic oxidation sites excluding steroid dienone is 14. The van der Waals surface area contributed by atoms with Crippen LogP contribution in [0.3, 0.4) is 0 Å². The Morgan fingerprint density at radius 3 is 2.27 bits per heavy atom. The number of hydrogen-bond donors (Lipinski definition) is 3. The van der Waals surface area contributed by atoms with E-state index < -0.39 is 0 Å². The van der Waals surface area contributed by atoms with Crippen molar-refractivity contribution in [2.75, 3.05) is 25.5 Å². The summed E-state index contributed by atoms with van der Waals surface area (Å²) in [4.78, 5) is 4.33. The van der Waals surface area contributed by atoms with Gasteiger partial charge >= 0.3 is 0 Å². The van der Waals surface area contributed by atoms with E-state index >= 15 is 0 Å². The molecule has 0 fully saturated rings. The van der Waals surface area contributed by atoms with Crippen molar-refractivity contribution in [2.24, 2.45) is 5.73 Å². The van der Waals surface area contributed by atoms with Crippen LogP contribution in [-0.4, -0.2) is 40.7 Å². The zero-order valence-electron chi connectivity index (χ0n) is 33.2. The summed E-state index contributed by atoms with van der Waals surface area (Å²) in [6.45, 7) is 17.1. The minimum atomic E-state index is -0.154. The van der Waals surface area contributed by atoms with Gasteiger partial charge in [0.05, 0.1) is 11.2 Å². The molecule has 0 bridgehead atoms. The van der Waals surface area contributed by atoms with Gasteiger partial charge in [0.25, 0.3) is 0 Å². The number of nitrogens with zero attached hydrogens (tertiary/aromatic N) is 3. The van der Waals surface area contributed by atoms with Gasteiger partial charge < -0.3 is 24.7 Å². The highest BCUT2D eigenvalue weighted by Gasteiger charge is 2.19. The average Bonchev–Trinajstić information content (AvgIpc) is 3.89. The summed E-state index contributed by atoms with van der Waals surface area (Å²) < 4.78 is 9.03. The zero-order chi connectivity index (χ0) is 40.5. The van der Waals surface area contributed by atoms with E-state index in [9.17, 15) is 0 Å². The lowest BCUT2D eigenvalue weighted by Crippen LogP contribution is -2.33.